The Morgan fingerprint density at radius 2 is 1.91 bits per heavy atom. The molecular weight excluding hydrogens is 469 g/mol. The van der Waals surface area contributed by atoms with Crippen LogP contribution in [0.4, 0.5) is 18.9 Å². The summed E-state index contributed by atoms with van der Waals surface area (Å²) in [5.74, 6) is -1.84. The lowest BCUT2D eigenvalue weighted by atomic mass is 9.71. The van der Waals surface area contributed by atoms with Crippen LogP contribution in [0.5, 0.6) is 5.75 Å². The van der Waals surface area contributed by atoms with Gasteiger partial charge in [0, 0.05) is 34.9 Å². The summed E-state index contributed by atoms with van der Waals surface area (Å²) < 4.78 is 45.2. The monoisotopic (exact) mass is 490 g/mol. The molecule has 1 amide bonds. The van der Waals surface area contributed by atoms with Crippen molar-refractivity contribution >= 4 is 34.7 Å². The Morgan fingerprint density at radius 3 is 2.62 bits per heavy atom. The Hall–Kier alpha value is -3.13. The number of hydrogen-bond donors (Lipinski definition) is 1. The van der Waals surface area contributed by atoms with E-state index in [0.717, 1.165) is 18.2 Å². The van der Waals surface area contributed by atoms with Gasteiger partial charge in [0.1, 0.15) is 5.75 Å². The second-order valence-corrected chi connectivity index (χ2v) is 8.68. The molecule has 2 atom stereocenters. The molecule has 34 heavy (non-hydrogen) atoms. The van der Waals surface area contributed by atoms with Gasteiger partial charge in [0.25, 0.3) is 0 Å². The molecule has 2 aromatic carbocycles. The van der Waals surface area contributed by atoms with E-state index in [1.165, 1.54) is 7.11 Å². The molecule has 4 rings (SSSR count). The number of nitrogens with zero attached hydrogens (tertiary/aromatic N) is 1. The van der Waals surface area contributed by atoms with Crippen LogP contribution in [0.1, 0.15) is 43.2 Å². The smallest absolute Gasteiger partial charge is 0.416 e. The number of ketones is 1. The van der Waals surface area contributed by atoms with E-state index in [-0.39, 0.29) is 16.5 Å². The van der Waals surface area contributed by atoms with Crippen LogP contribution < -0.4 is 10.1 Å². The van der Waals surface area contributed by atoms with E-state index in [2.05, 4.69) is 10.3 Å². The van der Waals surface area contributed by atoms with Crippen LogP contribution in [0.3, 0.4) is 0 Å². The molecule has 0 bridgehead atoms. The third kappa shape index (κ3) is 4.46. The van der Waals surface area contributed by atoms with Crippen molar-refractivity contribution in [2.45, 2.75) is 38.3 Å². The number of Topliss-reactive ketones (excluding diaryl/α,β-unsaturated/α-hetero) is 1. The third-order valence-corrected chi connectivity index (χ3v) is 6.47. The molecule has 0 saturated carbocycles. The maximum atomic E-state index is 13.5. The van der Waals surface area contributed by atoms with Crippen molar-refractivity contribution in [3.63, 3.8) is 0 Å². The molecule has 1 unspecified atom stereocenters. The molecule has 0 fully saturated rings. The molecule has 1 aliphatic carbocycles. The van der Waals surface area contributed by atoms with E-state index in [4.69, 9.17) is 16.3 Å². The zero-order chi connectivity index (χ0) is 24.6. The number of methoxy groups -OCH3 is 1. The minimum Gasteiger partial charge on any atom is -0.496 e. The van der Waals surface area contributed by atoms with Crippen molar-refractivity contribution in [3.8, 4) is 5.75 Å². The lowest BCUT2D eigenvalue weighted by Gasteiger charge is -2.35. The number of rotatable bonds is 4. The predicted molar refractivity (Wildman–Crippen MR) is 123 cm³/mol. The van der Waals surface area contributed by atoms with Crippen LogP contribution in [0, 0.1) is 5.92 Å². The number of halogens is 4. The van der Waals surface area contributed by atoms with E-state index in [9.17, 15) is 22.8 Å². The van der Waals surface area contributed by atoms with Crippen molar-refractivity contribution in [1.82, 2.24) is 0 Å². The van der Waals surface area contributed by atoms with E-state index in [0.29, 0.717) is 47.6 Å². The lowest BCUT2D eigenvalue weighted by Crippen LogP contribution is -2.39. The van der Waals surface area contributed by atoms with Gasteiger partial charge in [0.2, 0.25) is 5.91 Å². The van der Waals surface area contributed by atoms with Crippen molar-refractivity contribution in [1.29, 1.82) is 0 Å². The quantitative estimate of drug-likeness (QED) is 0.556. The van der Waals surface area contributed by atoms with Gasteiger partial charge in [-0.3, -0.25) is 14.6 Å². The van der Waals surface area contributed by atoms with E-state index in [1.54, 1.807) is 31.2 Å². The lowest BCUT2D eigenvalue weighted by molar-refractivity contribution is -0.137. The maximum absolute atomic E-state index is 13.5. The summed E-state index contributed by atoms with van der Waals surface area (Å²) >= 11 is 6.10. The molecule has 178 valence electrons. The molecule has 1 N–H and O–H groups in total. The SMILES string of the molecule is COc1ccccc1[C@@H]1C2=C(CCCC2=O)N=C(C)C1C(=O)Nc1cc(C(F)(F)F)ccc1Cl. The number of hydrogen-bond acceptors (Lipinski definition) is 4. The summed E-state index contributed by atoms with van der Waals surface area (Å²) in [5, 5.41) is 2.51. The maximum Gasteiger partial charge on any atom is 0.416 e. The summed E-state index contributed by atoms with van der Waals surface area (Å²) in [6.07, 6.45) is -2.98. The molecule has 9 heteroatoms. The first-order valence-electron chi connectivity index (χ1n) is 10.7. The van der Waals surface area contributed by atoms with Gasteiger partial charge in [-0.2, -0.15) is 13.2 Å². The average molecular weight is 491 g/mol. The standard InChI is InChI=1S/C25H22ClF3N2O3/c1-13-21(24(33)31-18-12-14(25(27,28)29)10-11-16(18)26)22(15-6-3-4-9-20(15)34-2)23-17(30-13)7-5-8-19(23)32/h3-4,6,9-12,21-22H,5,7-8H2,1-2H3,(H,31,33)/t21?,22-/m0/s1. The third-order valence-electron chi connectivity index (χ3n) is 6.14. The second kappa shape index (κ2) is 9.25. The van der Waals surface area contributed by atoms with Crippen molar-refractivity contribution in [2.24, 2.45) is 10.9 Å². The summed E-state index contributed by atoms with van der Waals surface area (Å²) in [4.78, 5) is 31.1. The molecule has 5 nitrogen and oxygen atoms in total. The number of benzene rings is 2. The highest BCUT2D eigenvalue weighted by atomic mass is 35.5. The highest BCUT2D eigenvalue weighted by Gasteiger charge is 2.43. The number of anilines is 1. The number of aliphatic imine (C=N–C) groups is 1. The van der Waals surface area contributed by atoms with E-state index in [1.807, 2.05) is 0 Å². The Morgan fingerprint density at radius 1 is 1.18 bits per heavy atom. The molecule has 0 aromatic heterocycles. The van der Waals surface area contributed by atoms with Crippen LogP contribution >= 0.6 is 11.6 Å². The van der Waals surface area contributed by atoms with Crippen molar-refractivity contribution in [3.05, 3.63) is 69.9 Å². The molecule has 1 heterocycles. The van der Waals surface area contributed by atoms with Gasteiger partial charge in [-0.05, 0) is 44.0 Å². The highest BCUT2D eigenvalue weighted by molar-refractivity contribution is 6.34. The fourth-order valence-corrected chi connectivity index (χ4v) is 4.78. The number of allylic oxidation sites excluding steroid dienone is 2. The van der Waals surface area contributed by atoms with Crippen LogP contribution in [0.15, 0.2) is 58.7 Å². The summed E-state index contributed by atoms with van der Waals surface area (Å²) in [7, 11) is 1.50. The number of nitrogens with one attached hydrogen (secondary N) is 1. The van der Waals surface area contributed by atoms with Crippen LogP contribution in [0.25, 0.3) is 0 Å². The summed E-state index contributed by atoms with van der Waals surface area (Å²) in [5.41, 5.74) is 1.10. The Bertz CT molecular complexity index is 1220. The van der Waals surface area contributed by atoms with Gasteiger partial charge in [0.15, 0.2) is 5.78 Å². The number of alkyl halides is 3. The first kappa shape index (κ1) is 24.0. The van der Waals surface area contributed by atoms with Crippen molar-refractivity contribution < 1.29 is 27.5 Å². The summed E-state index contributed by atoms with van der Waals surface area (Å²) in [6, 6.07) is 9.82. The average Bonchev–Trinajstić information content (AvgIpc) is 2.79. The highest BCUT2D eigenvalue weighted by Crippen LogP contribution is 2.46. The van der Waals surface area contributed by atoms with E-state index >= 15 is 0 Å². The Kier molecular flexibility index (Phi) is 6.53. The second-order valence-electron chi connectivity index (χ2n) is 8.27. The Labute approximate surface area is 199 Å². The first-order valence-corrected chi connectivity index (χ1v) is 11.1. The zero-order valence-corrected chi connectivity index (χ0v) is 19.3. The molecular formula is C25H22ClF3N2O3. The van der Waals surface area contributed by atoms with Crippen LogP contribution in [0.2, 0.25) is 5.02 Å². The molecule has 0 radical (unpaired) electrons. The first-order chi connectivity index (χ1) is 16.1. The fraction of sp³-hybridized carbons (Fsp3) is 0.320. The normalized spacial score (nSPS) is 20.5. The summed E-state index contributed by atoms with van der Waals surface area (Å²) in [6.45, 7) is 1.68. The van der Waals surface area contributed by atoms with Gasteiger partial charge in [-0.1, -0.05) is 29.8 Å². The van der Waals surface area contributed by atoms with Gasteiger partial charge >= 0.3 is 6.18 Å². The minimum absolute atomic E-state index is 0.0331. The molecule has 2 aromatic rings. The zero-order valence-electron chi connectivity index (χ0n) is 18.5. The van der Waals surface area contributed by atoms with Gasteiger partial charge in [-0.25, -0.2) is 0 Å². The van der Waals surface area contributed by atoms with Crippen LogP contribution in [-0.2, 0) is 15.8 Å². The molecule has 2 aliphatic rings. The van der Waals surface area contributed by atoms with Crippen LogP contribution in [-0.4, -0.2) is 24.5 Å². The fourth-order valence-electron chi connectivity index (χ4n) is 4.61. The molecule has 0 spiro atoms. The largest absolute Gasteiger partial charge is 0.496 e. The number of carbonyl (C=O) groups excluding carboxylic acids is 2. The molecule has 1 aliphatic heterocycles. The number of carbonyl (C=O) groups is 2. The van der Waals surface area contributed by atoms with Gasteiger partial charge < -0.3 is 10.1 Å². The van der Waals surface area contributed by atoms with Gasteiger partial charge in [-0.15, -0.1) is 0 Å². The molecule has 0 saturated heterocycles. The van der Waals surface area contributed by atoms with Crippen molar-refractivity contribution in [2.75, 3.05) is 12.4 Å². The van der Waals surface area contributed by atoms with Gasteiger partial charge in [0.05, 0.1) is 29.3 Å². The minimum atomic E-state index is -4.60. The number of amides is 1. The topological polar surface area (TPSA) is 67.8 Å². The number of para-hydroxylation sites is 1. The van der Waals surface area contributed by atoms with E-state index < -0.39 is 29.5 Å². The predicted octanol–water partition coefficient (Wildman–Crippen LogP) is 6.19. The Balaban J connectivity index is 1.80. The number of ether oxygens (including phenoxy) is 1.